The van der Waals surface area contributed by atoms with Crippen LogP contribution in [0.1, 0.15) is 12.5 Å². The second-order valence-corrected chi connectivity index (χ2v) is 3.89. The summed E-state index contributed by atoms with van der Waals surface area (Å²) in [6, 6.07) is 7.86. The van der Waals surface area contributed by atoms with Gasteiger partial charge >= 0.3 is 0 Å². The van der Waals surface area contributed by atoms with Crippen molar-refractivity contribution in [3.05, 3.63) is 51.0 Å². The van der Waals surface area contributed by atoms with Crippen molar-refractivity contribution >= 4 is 11.8 Å². The first-order chi connectivity index (χ1) is 6.59. The molecule has 0 atom stereocenters. The van der Waals surface area contributed by atoms with E-state index in [4.69, 9.17) is 0 Å². The van der Waals surface area contributed by atoms with E-state index in [-0.39, 0.29) is 10.6 Å². The highest BCUT2D eigenvalue weighted by Gasteiger charge is 2.00. The summed E-state index contributed by atoms with van der Waals surface area (Å²) in [4.78, 5) is 10.9. The largest absolute Gasteiger partial charge is 0.259 e. The Kier molecular flexibility index (Phi) is 3.71. The van der Waals surface area contributed by atoms with Crippen LogP contribution in [0, 0.1) is 17.0 Å². The number of rotatable bonds is 3. The van der Waals surface area contributed by atoms with Crippen molar-refractivity contribution in [1.82, 2.24) is 0 Å². The van der Waals surface area contributed by atoms with Crippen LogP contribution >= 0.6 is 11.8 Å². The summed E-state index contributed by atoms with van der Waals surface area (Å²) >= 11 is 1.36. The molecule has 0 aliphatic heterocycles. The van der Waals surface area contributed by atoms with Crippen molar-refractivity contribution in [2.45, 2.75) is 18.7 Å². The fraction of sp³-hybridized carbons (Fsp3) is 0.200. The molecule has 0 heterocycles. The molecule has 0 spiro atoms. The van der Waals surface area contributed by atoms with Crippen LogP contribution in [0.25, 0.3) is 0 Å². The molecule has 0 bridgehead atoms. The first-order valence-corrected chi connectivity index (χ1v) is 5.02. The molecule has 0 fully saturated rings. The molecule has 1 rings (SSSR count). The zero-order valence-corrected chi connectivity index (χ0v) is 8.88. The van der Waals surface area contributed by atoms with E-state index in [9.17, 15) is 10.1 Å². The molecule has 0 amide bonds. The number of hydrogen-bond acceptors (Lipinski definition) is 3. The van der Waals surface area contributed by atoms with Gasteiger partial charge in [0.15, 0.2) is 0 Å². The topological polar surface area (TPSA) is 43.1 Å². The van der Waals surface area contributed by atoms with Gasteiger partial charge in [-0.15, -0.1) is 0 Å². The molecule has 0 aliphatic rings. The lowest BCUT2D eigenvalue weighted by Gasteiger charge is -1.96. The molecule has 1 aromatic rings. The second-order valence-electron chi connectivity index (χ2n) is 2.95. The van der Waals surface area contributed by atoms with Gasteiger partial charge in [0.2, 0.25) is 5.70 Å². The van der Waals surface area contributed by atoms with Gasteiger partial charge in [-0.3, -0.25) is 10.1 Å². The highest BCUT2D eigenvalue weighted by atomic mass is 32.2. The van der Waals surface area contributed by atoms with Crippen LogP contribution in [0.3, 0.4) is 0 Å². The number of aryl methyl sites for hydroxylation is 1. The third-order valence-electron chi connectivity index (χ3n) is 1.67. The summed E-state index contributed by atoms with van der Waals surface area (Å²) in [5.41, 5.74) is 1.35. The molecule has 14 heavy (non-hydrogen) atoms. The number of thioether (sulfide) groups is 1. The summed E-state index contributed by atoms with van der Waals surface area (Å²) in [5, 5.41) is 11.8. The Morgan fingerprint density at radius 1 is 1.43 bits per heavy atom. The first kappa shape index (κ1) is 10.8. The Morgan fingerprint density at radius 3 is 2.50 bits per heavy atom. The van der Waals surface area contributed by atoms with Crippen LogP contribution in [0.15, 0.2) is 40.3 Å². The summed E-state index contributed by atoms with van der Waals surface area (Å²) in [6.07, 6.45) is 0. The van der Waals surface area contributed by atoms with E-state index in [1.54, 1.807) is 5.41 Å². The Morgan fingerprint density at radius 2 is 2.00 bits per heavy atom. The minimum absolute atomic E-state index is 0.163. The molecule has 0 unspecified atom stereocenters. The molecule has 4 heteroatoms. The average Bonchev–Trinajstić information content (AvgIpc) is 2.16. The molecular formula is C10H11NO2S. The summed E-state index contributed by atoms with van der Waals surface area (Å²) < 4.78 is 0. The van der Waals surface area contributed by atoms with Crippen molar-refractivity contribution in [2.24, 2.45) is 0 Å². The fourth-order valence-corrected chi connectivity index (χ4v) is 1.50. The summed E-state index contributed by atoms with van der Waals surface area (Å²) in [7, 11) is 0. The van der Waals surface area contributed by atoms with Crippen molar-refractivity contribution < 1.29 is 4.92 Å². The summed E-state index contributed by atoms with van der Waals surface area (Å²) in [6.45, 7) is 3.49. The second kappa shape index (κ2) is 4.81. The monoisotopic (exact) mass is 209 g/mol. The highest BCUT2D eigenvalue weighted by molar-refractivity contribution is 8.02. The van der Waals surface area contributed by atoms with E-state index >= 15 is 0 Å². The molecule has 0 aromatic heterocycles. The number of allylic oxidation sites excluding steroid dienone is 1. The van der Waals surface area contributed by atoms with E-state index in [1.807, 2.05) is 31.2 Å². The maximum Gasteiger partial charge on any atom is 0.249 e. The summed E-state index contributed by atoms with van der Waals surface area (Å²) in [5.74, 6) is 0. The molecule has 1 aromatic carbocycles. The van der Waals surface area contributed by atoms with Crippen LogP contribution < -0.4 is 0 Å². The van der Waals surface area contributed by atoms with Gasteiger partial charge in [0, 0.05) is 17.2 Å². The molecule has 0 radical (unpaired) electrons. The lowest BCUT2D eigenvalue weighted by atomic mass is 10.2. The Labute approximate surface area is 87.0 Å². The van der Waals surface area contributed by atoms with Crippen molar-refractivity contribution in [1.29, 1.82) is 0 Å². The maximum atomic E-state index is 10.3. The van der Waals surface area contributed by atoms with Crippen LogP contribution in [-0.2, 0) is 0 Å². The quantitative estimate of drug-likeness (QED) is 0.436. The lowest BCUT2D eigenvalue weighted by Crippen LogP contribution is -1.91. The third kappa shape index (κ3) is 3.22. The van der Waals surface area contributed by atoms with Gasteiger partial charge in [-0.25, -0.2) is 0 Å². The van der Waals surface area contributed by atoms with Crippen molar-refractivity contribution in [3.63, 3.8) is 0 Å². The SMILES string of the molecule is CC(=CSc1ccc(C)cc1)[N+](=O)[O-]. The van der Waals surface area contributed by atoms with Crippen LogP contribution in [-0.4, -0.2) is 4.92 Å². The van der Waals surface area contributed by atoms with Gasteiger partial charge in [0.05, 0.1) is 4.92 Å². The molecular weight excluding hydrogens is 198 g/mol. The van der Waals surface area contributed by atoms with E-state index < -0.39 is 0 Å². The van der Waals surface area contributed by atoms with E-state index in [1.165, 1.54) is 24.2 Å². The van der Waals surface area contributed by atoms with E-state index in [0.717, 1.165) is 4.90 Å². The van der Waals surface area contributed by atoms with Gasteiger partial charge in [0.1, 0.15) is 0 Å². The Hall–Kier alpha value is -1.29. The number of nitro groups is 1. The Balaban J connectivity index is 2.66. The zero-order valence-electron chi connectivity index (χ0n) is 8.06. The maximum absolute atomic E-state index is 10.3. The van der Waals surface area contributed by atoms with Gasteiger partial charge in [-0.1, -0.05) is 29.5 Å². The minimum Gasteiger partial charge on any atom is -0.259 e. The predicted molar refractivity (Wildman–Crippen MR) is 57.8 cm³/mol. The van der Waals surface area contributed by atoms with Crippen molar-refractivity contribution in [2.75, 3.05) is 0 Å². The molecule has 0 aliphatic carbocycles. The zero-order chi connectivity index (χ0) is 10.6. The van der Waals surface area contributed by atoms with Crippen LogP contribution in [0.5, 0.6) is 0 Å². The van der Waals surface area contributed by atoms with Crippen molar-refractivity contribution in [3.8, 4) is 0 Å². The van der Waals surface area contributed by atoms with Gasteiger partial charge in [-0.2, -0.15) is 0 Å². The standard InChI is InChI=1S/C10H11NO2S/c1-8-3-5-10(6-4-8)14-7-9(2)11(12)13/h3-7H,1-2H3. The van der Waals surface area contributed by atoms with Gasteiger partial charge in [0.25, 0.3) is 0 Å². The number of nitrogens with zero attached hydrogens (tertiary/aromatic N) is 1. The molecule has 74 valence electrons. The highest BCUT2D eigenvalue weighted by Crippen LogP contribution is 2.20. The van der Waals surface area contributed by atoms with E-state index in [0.29, 0.717) is 0 Å². The third-order valence-corrected chi connectivity index (χ3v) is 2.68. The van der Waals surface area contributed by atoms with Gasteiger partial charge < -0.3 is 0 Å². The van der Waals surface area contributed by atoms with Gasteiger partial charge in [-0.05, 0) is 19.1 Å². The van der Waals surface area contributed by atoms with Crippen LogP contribution in [0.4, 0.5) is 0 Å². The average molecular weight is 209 g/mol. The Bertz CT molecular complexity index is 357. The lowest BCUT2D eigenvalue weighted by molar-refractivity contribution is -0.424. The fourth-order valence-electron chi connectivity index (χ4n) is 0.813. The minimum atomic E-state index is -0.388. The molecule has 3 nitrogen and oxygen atoms in total. The molecule has 0 saturated carbocycles. The molecule has 0 N–H and O–H groups in total. The number of benzene rings is 1. The van der Waals surface area contributed by atoms with Crippen LogP contribution in [0.2, 0.25) is 0 Å². The predicted octanol–water partition coefficient (Wildman–Crippen LogP) is 3.23. The first-order valence-electron chi connectivity index (χ1n) is 4.14. The smallest absolute Gasteiger partial charge is 0.249 e. The van der Waals surface area contributed by atoms with E-state index in [2.05, 4.69) is 0 Å². The molecule has 0 saturated heterocycles. The number of hydrogen-bond donors (Lipinski definition) is 0. The normalized spacial score (nSPS) is 11.4.